The number of esters is 1. The van der Waals surface area contributed by atoms with E-state index < -0.39 is 12.0 Å². The van der Waals surface area contributed by atoms with E-state index in [4.69, 9.17) is 9.15 Å². The molecule has 0 unspecified atom stereocenters. The molecular formula is C24H25N2O5+. The smallest absolute Gasteiger partial charge is 0.337 e. The van der Waals surface area contributed by atoms with E-state index in [-0.39, 0.29) is 17.1 Å². The monoisotopic (exact) mass is 421 g/mol. The van der Waals surface area contributed by atoms with Crippen LogP contribution in [0.15, 0.2) is 57.7 Å². The van der Waals surface area contributed by atoms with Gasteiger partial charge in [0.25, 0.3) is 5.91 Å². The third-order valence-corrected chi connectivity index (χ3v) is 5.60. The first kappa shape index (κ1) is 20.8. The third kappa shape index (κ3) is 3.72. The van der Waals surface area contributed by atoms with Crippen LogP contribution >= 0.6 is 0 Å². The molecular weight excluding hydrogens is 396 g/mol. The highest BCUT2D eigenvalue weighted by molar-refractivity contribution is 5.99. The van der Waals surface area contributed by atoms with Crippen molar-refractivity contribution in [2.75, 3.05) is 34.3 Å². The normalized spacial score (nSPS) is 15.5. The minimum absolute atomic E-state index is 0.0999. The van der Waals surface area contributed by atoms with E-state index >= 15 is 0 Å². The Bertz CT molecular complexity index is 1200. The SMILES string of the molecule is COC(=O)c1ccc([C@@H]2c3c(oc4ccccc4c3=O)C(=O)N2CCC[NH+](C)C)cc1. The Labute approximate surface area is 179 Å². The van der Waals surface area contributed by atoms with Crippen LogP contribution in [0, 0.1) is 0 Å². The van der Waals surface area contributed by atoms with Crippen molar-refractivity contribution in [1.29, 1.82) is 0 Å². The summed E-state index contributed by atoms with van der Waals surface area (Å²) in [5.74, 6) is -0.623. The van der Waals surface area contributed by atoms with Gasteiger partial charge in [0.15, 0.2) is 5.43 Å². The molecule has 0 bridgehead atoms. The summed E-state index contributed by atoms with van der Waals surface area (Å²) in [5.41, 5.74) is 1.71. The van der Waals surface area contributed by atoms with Gasteiger partial charge in [-0.15, -0.1) is 0 Å². The lowest BCUT2D eigenvalue weighted by atomic mass is 9.97. The molecule has 2 heterocycles. The molecule has 1 aliphatic heterocycles. The van der Waals surface area contributed by atoms with Gasteiger partial charge in [0.1, 0.15) is 5.58 Å². The number of rotatable bonds is 6. The molecule has 0 radical (unpaired) electrons. The third-order valence-electron chi connectivity index (χ3n) is 5.60. The van der Waals surface area contributed by atoms with E-state index in [0.29, 0.717) is 28.6 Å². The topological polar surface area (TPSA) is 81.3 Å². The van der Waals surface area contributed by atoms with E-state index in [1.54, 1.807) is 53.4 Å². The summed E-state index contributed by atoms with van der Waals surface area (Å²) in [4.78, 5) is 41.5. The van der Waals surface area contributed by atoms with Gasteiger partial charge in [-0.2, -0.15) is 0 Å². The summed E-state index contributed by atoms with van der Waals surface area (Å²) in [5, 5.41) is 0.449. The molecule has 0 aliphatic carbocycles. The van der Waals surface area contributed by atoms with Crippen molar-refractivity contribution in [2.45, 2.75) is 12.5 Å². The second kappa shape index (κ2) is 8.35. The number of para-hydroxylation sites is 1. The molecule has 0 spiro atoms. The van der Waals surface area contributed by atoms with Crippen LogP contribution in [0.1, 0.15) is 44.5 Å². The highest BCUT2D eigenvalue weighted by Crippen LogP contribution is 2.38. The van der Waals surface area contributed by atoms with E-state index in [9.17, 15) is 14.4 Å². The first-order chi connectivity index (χ1) is 14.9. The molecule has 1 aromatic heterocycles. The lowest BCUT2D eigenvalue weighted by Gasteiger charge is -2.25. The fraction of sp³-hybridized carbons (Fsp3) is 0.292. The minimum Gasteiger partial charge on any atom is -0.465 e. The van der Waals surface area contributed by atoms with Crippen LogP contribution in [0.3, 0.4) is 0 Å². The number of nitrogens with zero attached hydrogens (tertiary/aromatic N) is 1. The predicted octanol–water partition coefficient (Wildman–Crippen LogP) is 1.66. The van der Waals surface area contributed by atoms with Gasteiger partial charge in [-0.3, -0.25) is 9.59 Å². The second-order valence-electron chi connectivity index (χ2n) is 8.00. The highest BCUT2D eigenvalue weighted by atomic mass is 16.5. The molecule has 160 valence electrons. The van der Waals surface area contributed by atoms with Crippen molar-refractivity contribution >= 4 is 22.8 Å². The maximum Gasteiger partial charge on any atom is 0.337 e. The molecule has 0 fully saturated rings. The first-order valence-corrected chi connectivity index (χ1v) is 10.3. The number of carbonyl (C=O) groups excluding carboxylic acids is 2. The first-order valence-electron chi connectivity index (χ1n) is 10.3. The molecule has 31 heavy (non-hydrogen) atoms. The van der Waals surface area contributed by atoms with Crippen molar-refractivity contribution in [2.24, 2.45) is 0 Å². The summed E-state index contributed by atoms with van der Waals surface area (Å²) >= 11 is 0. The van der Waals surface area contributed by atoms with Crippen LogP contribution in [0.25, 0.3) is 11.0 Å². The Morgan fingerprint density at radius 2 is 1.81 bits per heavy atom. The predicted molar refractivity (Wildman–Crippen MR) is 115 cm³/mol. The average molecular weight is 421 g/mol. The van der Waals surface area contributed by atoms with Gasteiger partial charge in [0.2, 0.25) is 5.76 Å². The van der Waals surface area contributed by atoms with Gasteiger partial charge in [-0.1, -0.05) is 24.3 Å². The molecule has 1 N–H and O–H groups in total. The van der Waals surface area contributed by atoms with Gasteiger partial charge in [0, 0.05) is 13.0 Å². The van der Waals surface area contributed by atoms with Crippen LogP contribution in [0.4, 0.5) is 0 Å². The van der Waals surface area contributed by atoms with Crippen LogP contribution in [-0.4, -0.2) is 51.1 Å². The maximum atomic E-state index is 13.4. The fourth-order valence-corrected chi connectivity index (χ4v) is 4.07. The van der Waals surface area contributed by atoms with E-state index in [1.807, 2.05) is 0 Å². The number of ether oxygens (including phenoxy) is 1. The van der Waals surface area contributed by atoms with Gasteiger partial charge in [0.05, 0.1) is 50.3 Å². The average Bonchev–Trinajstić information content (AvgIpc) is 3.05. The zero-order valence-corrected chi connectivity index (χ0v) is 17.8. The summed E-state index contributed by atoms with van der Waals surface area (Å²) < 4.78 is 10.7. The zero-order chi connectivity index (χ0) is 22.1. The number of nitrogens with one attached hydrogen (secondary N) is 1. The molecule has 1 atom stereocenters. The van der Waals surface area contributed by atoms with Crippen molar-refractivity contribution in [1.82, 2.24) is 4.90 Å². The number of hydrogen-bond donors (Lipinski definition) is 1. The maximum absolute atomic E-state index is 13.4. The molecule has 0 saturated heterocycles. The van der Waals surface area contributed by atoms with Crippen LogP contribution in [-0.2, 0) is 4.74 Å². The Hall–Kier alpha value is -3.45. The van der Waals surface area contributed by atoms with Gasteiger partial charge >= 0.3 is 5.97 Å². The van der Waals surface area contributed by atoms with Crippen LogP contribution in [0.5, 0.6) is 0 Å². The van der Waals surface area contributed by atoms with Gasteiger partial charge < -0.3 is 19.0 Å². The highest BCUT2D eigenvalue weighted by Gasteiger charge is 2.42. The number of quaternary nitrogens is 1. The quantitative estimate of drug-likeness (QED) is 0.613. The number of benzene rings is 2. The largest absolute Gasteiger partial charge is 0.465 e. The number of carbonyl (C=O) groups is 2. The second-order valence-corrected chi connectivity index (χ2v) is 8.00. The van der Waals surface area contributed by atoms with Crippen molar-refractivity contribution in [3.8, 4) is 0 Å². The number of hydrogen-bond acceptors (Lipinski definition) is 5. The molecule has 3 aromatic rings. The van der Waals surface area contributed by atoms with Crippen LogP contribution in [0.2, 0.25) is 0 Å². The molecule has 4 rings (SSSR count). The number of fused-ring (bicyclic) bond motifs is 2. The molecule has 1 aliphatic rings. The lowest BCUT2D eigenvalue weighted by Crippen LogP contribution is -3.05. The van der Waals surface area contributed by atoms with Crippen LogP contribution < -0.4 is 10.3 Å². The molecule has 7 heteroatoms. The summed E-state index contributed by atoms with van der Waals surface area (Å²) in [6.45, 7) is 1.38. The fourth-order valence-electron chi connectivity index (χ4n) is 4.07. The summed E-state index contributed by atoms with van der Waals surface area (Å²) in [6.07, 6.45) is 0.784. The summed E-state index contributed by atoms with van der Waals surface area (Å²) in [6, 6.07) is 13.2. The number of methoxy groups -OCH3 is 1. The molecule has 7 nitrogen and oxygen atoms in total. The Morgan fingerprint density at radius 3 is 2.48 bits per heavy atom. The van der Waals surface area contributed by atoms with Crippen molar-refractivity contribution in [3.63, 3.8) is 0 Å². The Kier molecular flexibility index (Phi) is 5.61. The molecule has 0 saturated carbocycles. The number of amides is 1. The Morgan fingerprint density at radius 1 is 1.10 bits per heavy atom. The zero-order valence-electron chi connectivity index (χ0n) is 17.8. The van der Waals surface area contributed by atoms with Gasteiger partial charge in [-0.25, -0.2) is 4.79 Å². The van der Waals surface area contributed by atoms with Crippen molar-refractivity contribution in [3.05, 3.63) is 81.2 Å². The summed E-state index contributed by atoms with van der Waals surface area (Å²) in [7, 11) is 5.44. The Balaban J connectivity index is 1.83. The lowest BCUT2D eigenvalue weighted by molar-refractivity contribution is -0.858. The van der Waals surface area contributed by atoms with E-state index in [0.717, 1.165) is 18.5 Å². The van der Waals surface area contributed by atoms with Crippen molar-refractivity contribution < 1.29 is 23.6 Å². The standard InChI is InChI=1S/C24H24N2O5/c1-25(2)13-6-14-26-20(15-9-11-16(12-10-15)24(29)30-3)19-21(27)17-7-4-5-8-18(17)31-22(19)23(26)28/h4-5,7-12,20H,6,13-14H2,1-3H3/p+1/t20-/m1/s1. The van der Waals surface area contributed by atoms with E-state index in [2.05, 4.69) is 14.1 Å². The van der Waals surface area contributed by atoms with E-state index in [1.165, 1.54) is 12.0 Å². The molecule has 1 amide bonds. The van der Waals surface area contributed by atoms with Gasteiger partial charge in [-0.05, 0) is 29.8 Å². The molecule has 2 aromatic carbocycles. The minimum atomic E-state index is -0.563.